The van der Waals surface area contributed by atoms with Gasteiger partial charge in [-0.3, -0.25) is 0 Å². The second-order valence-electron chi connectivity index (χ2n) is 3.85. The molecule has 8 nitrogen and oxygen atoms in total. The predicted molar refractivity (Wildman–Crippen MR) is 66.6 cm³/mol. The summed E-state index contributed by atoms with van der Waals surface area (Å²) < 4.78 is 6.81. The molecular formula is C10H16N6O2. The molecule has 2 rings (SSSR count). The van der Waals surface area contributed by atoms with Crippen LogP contribution in [0, 0.1) is 0 Å². The van der Waals surface area contributed by atoms with Crippen molar-refractivity contribution in [3.05, 3.63) is 6.33 Å². The SMILES string of the molecule is CCOCC(O)Cn1cnc2c(N)nc(N)nc21. The maximum atomic E-state index is 9.77. The van der Waals surface area contributed by atoms with Crippen LogP contribution in [0.5, 0.6) is 0 Å². The summed E-state index contributed by atoms with van der Waals surface area (Å²) in [4.78, 5) is 12.0. The van der Waals surface area contributed by atoms with E-state index in [9.17, 15) is 5.11 Å². The molecule has 0 amide bonds. The number of imidazole rings is 1. The number of aromatic nitrogens is 4. The zero-order valence-electron chi connectivity index (χ0n) is 10.1. The van der Waals surface area contributed by atoms with E-state index in [-0.39, 0.29) is 18.4 Å². The molecule has 1 unspecified atom stereocenters. The largest absolute Gasteiger partial charge is 0.389 e. The van der Waals surface area contributed by atoms with Crippen molar-refractivity contribution in [2.45, 2.75) is 19.6 Å². The van der Waals surface area contributed by atoms with E-state index < -0.39 is 6.10 Å². The number of rotatable bonds is 5. The van der Waals surface area contributed by atoms with Crippen molar-refractivity contribution < 1.29 is 9.84 Å². The van der Waals surface area contributed by atoms with Crippen LogP contribution >= 0.6 is 0 Å². The Bertz CT molecular complexity index is 540. The molecule has 5 N–H and O–H groups in total. The fourth-order valence-corrected chi connectivity index (χ4v) is 1.65. The first-order valence-electron chi connectivity index (χ1n) is 5.61. The van der Waals surface area contributed by atoms with Gasteiger partial charge in [-0.1, -0.05) is 0 Å². The highest BCUT2D eigenvalue weighted by Crippen LogP contribution is 2.17. The minimum atomic E-state index is -0.639. The van der Waals surface area contributed by atoms with Gasteiger partial charge in [0.05, 0.1) is 25.6 Å². The van der Waals surface area contributed by atoms with Gasteiger partial charge in [-0.05, 0) is 6.92 Å². The summed E-state index contributed by atoms with van der Waals surface area (Å²) in [6, 6.07) is 0. The molecule has 2 aromatic rings. The van der Waals surface area contributed by atoms with Crippen LogP contribution in [-0.4, -0.2) is 43.9 Å². The molecule has 0 radical (unpaired) electrons. The quantitative estimate of drug-likeness (QED) is 0.648. The van der Waals surface area contributed by atoms with Gasteiger partial charge in [-0.2, -0.15) is 9.97 Å². The lowest BCUT2D eigenvalue weighted by Gasteiger charge is -2.11. The Labute approximate surface area is 104 Å². The van der Waals surface area contributed by atoms with E-state index in [1.807, 2.05) is 6.92 Å². The molecule has 0 aromatic carbocycles. The number of aliphatic hydroxyl groups is 1. The third-order valence-electron chi connectivity index (χ3n) is 2.43. The van der Waals surface area contributed by atoms with Crippen LogP contribution in [-0.2, 0) is 11.3 Å². The molecule has 0 spiro atoms. The Morgan fingerprint density at radius 2 is 2.22 bits per heavy atom. The van der Waals surface area contributed by atoms with Crippen molar-refractivity contribution in [3.8, 4) is 0 Å². The highest BCUT2D eigenvalue weighted by Gasteiger charge is 2.12. The van der Waals surface area contributed by atoms with Gasteiger partial charge in [0.25, 0.3) is 0 Å². The highest BCUT2D eigenvalue weighted by molar-refractivity contribution is 5.82. The molecule has 0 fully saturated rings. The zero-order valence-corrected chi connectivity index (χ0v) is 10.1. The molecule has 98 valence electrons. The van der Waals surface area contributed by atoms with E-state index in [2.05, 4.69) is 15.0 Å². The number of ether oxygens (including phenoxy) is 1. The van der Waals surface area contributed by atoms with Crippen LogP contribution in [0.4, 0.5) is 11.8 Å². The predicted octanol–water partition coefficient (Wildman–Crippen LogP) is -0.612. The van der Waals surface area contributed by atoms with Crippen LogP contribution in [0.3, 0.4) is 0 Å². The molecule has 1 atom stereocenters. The smallest absolute Gasteiger partial charge is 0.224 e. The number of nitrogen functional groups attached to an aromatic ring is 2. The topological polar surface area (TPSA) is 125 Å². The van der Waals surface area contributed by atoms with Gasteiger partial charge in [0.1, 0.15) is 5.52 Å². The molecule has 2 aromatic heterocycles. The van der Waals surface area contributed by atoms with E-state index in [0.717, 1.165) is 0 Å². The molecule has 0 aliphatic rings. The molecule has 0 saturated carbocycles. The Kier molecular flexibility index (Phi) is 3.58. The van der Waals surface area contributed by atoms with Gasteiger partial charge in [0.15, 0.2) is 11.5 Å². The van der Waals surface area contributed by atoms with Crippen molar-refractivity contribution in [2.75, 3.05) is 24.7 Å². The maximum Gasteiger partial charge on any atom is 0.224 e. The Hall–Kier alpha value is -1.93. The summed E-state index contributed by atoms with van der Waals surface area (Å²) in [5.41, 5.74) is 12.2. The summed E-state index contributed by atoms with van der Waals surface area (Å²) in [5.74, 6) is 0.316. The zero-order chi connectivity index (χ0) is 13.1. The minimum Gasteiger partial charge on any atom is -0.389 e. The average Bonchev–Trinajstić information content (AvgIpc) is 2.70. The van der Waals surface area contributed by atoms with Gasteiger partial charge in [0, 0.05) is 6.61 Å². The van der Waals surface area contributed by atoms with Crippen molar-refractivity contribution in [1.29, 1.82) is 0 Å². The van der Waals surface area contributed by atoms with Gasteiger partial charge in [-0.25, -0.2) is 4.98 Å². The summed E-state index contributed by atoms with van der Waals surface area (Å²) in [7, 11) is 0. The molecule has 0 saturated heterocycles. The lowest BCUT2D eigenvalue weighted by molar-refractivity contribution is 0.0340. The number of anilines is 2. The van der Waals surface area contributed by atoms with Gasteiger partial charge in [-0.15, -0.1) is 0 Å². The average molecular weight is 252 g/mol. The van der Waals surface area contributed by atoms with Crippen molar-refractivity contribution >= 4 is 22.9 Å². The number of hydrogen-bond donors (Lipinski definition) is 3. The molecule has 0 aliphatic carbocycles. The first-order chi connectivity index (χ1) is 8.61. The summed E-state index contributed by atoms with van der Waals surface area (Å²) in [6.45, 7) is 3.00. The van der Waals surface area contributed by atoms with Crippen molar-refractivity contribution in [2.24, 2.45) is 0 Å². The van der Waals surface area contributed by atoms with Crippen LogP contribution in [0.25, 0.3) is 11.2 Å². The van der Waals surface area contributed by atoms with E-state index >= 15 is 0 Å². The second-order valence-corrected chi connectivity index (χ2v) is 3.85. The van der Waals surface area contributed by atoms with Gasteiger partial charge >= 0.3 is 0 Å². The normalized spacial score (nSPS) is 13.0. The molecule has 18 heavy (non-hydrogen) atoms. The lowest BCUT2D eigenvalue weighted by atomic mass is 10.3. The monoisotopic (exact) mass is 252 g/mol. The third kappa shape index (κ3) is 2.49. The van der Waals surface area contributed by atoms with E-state index in [1.54, 1.807) is 10.9 Å². The van der Waals surface area contributed by atoms with Crippen LogP contribution in [0.15, 0.2) is 6.33 Å². The van der Waals surface area contributed by atoms with Crippen molar-refractivity contribution in [3.63, 3.8) is 0 Å². The first kappa shape index (κ1) is 12.5. The standard InChI is InChI=1S/C10H16N6O2/c1-2-18-4-6(17)3-16-5-13-7-8(11)14-10(12)15-9(7)16/h5-6,17H,2-4H2,1H3,(H4,11,12,14,15). The fraction of sp³-hybridized carbons (Fsp3) is 0.500. The molecule has 8 heteroatoms. The fourth-order valence-electron chi connectivity index (χ4n) is 1.65. The highest BCUT2D eigenvalue weighted by atomic mass is 16.5. The number of aliphatic hydroxyl groups excluding tert-OH is 1. The number of hydrogen-bond acceptors (Lipinski definition) is 7. The van der Waals surface area contributed by atoms with Gasteiger partial charge < -0.3 is 25.9 Å². The van der Waals surface area contributed by atoms with Crippen LogP contribution < -0.4 is 11.5 Å². The number of nitrogens with zero attached hydrogens (tertiary/aromatic N) is 4. The second kappa shape index (κ2) is 5.15. The number of fused-ring (bicyclic) bond motifs is 1. The molecular weight excluding hydrogens is 236 g/mol. The number of nitrogens with two attached hydrogens (primary N) is 2. The van der Waals surface area contributed by atoms with E-state index in [0.29, 0.717) is 24.3 Å². The van der Waals surface area contributed by atoms with Crippen LogP contribution in [0.2, 0.25) is 0 Å². The Morgan fingerprint density at radius 1 is 1.44 bits per heavy atom. The third-order valence-corrected chi connectivity index (χ3v) is 2.43. The lowest BCUT2D eigenvalue weighted by Crippen LogP contribution is -2.21. The van der Waals surface area contributed by atoms with E-state index in [1.165, 1.54) is 0 Å². The van der Waals surface area contributed by atoms with Crippen molar-refractivity contribution in [1.82, 2.24) is 19.5 Å². The summed E-state index contributed by atoms with van der Waals surface area (Å²) in [5, 5.41) is 9.77. The maximum absolute atomic E-state index is 9.77. The minimum absolute atomic E-state index is 0.0843. The molecule has 0 bridgehead atoms. The summed E-state index contributed by atoms with van der Waals surface area (Å²) >= 11 is 0. The van der Waals surface area contributed by atoms with Crippen LogP contribution in [0.1, 0.15) is 6.92 Å². The molecule has 0 aliphatic heterocycles. The van der Waals surface area contributed by atoms with E-state index in [4.69, 9.17) is 16.2 Å². The molecule has 2 heterocycles. The Balaban J connectivity index is 2.23. The Morgan fingerprint density at radius 3 is 2.94 bits per heavy atom. The summed E-state index contributed by atoms with van der Waals surface area (Å²) in [6.07, 6.45) is 0.907. The first-order valence-corrected chi connectivity index (χ1v) is 5.61. The van der Waals surface area contributed by atoms with Gasteiger partial charge in [0.2, 0.25) is 5.95 Å².